The van der Waals surface area contributed by atoms with Gasteiger partial charge in [0.15, 0.2) is 0 Å². The van der Waals surface area contributed by atoms with Gasteiger partial charge in [-0.2, -0.15) is 0 Å². The summed E-state index contributed by atoms with van der Waals surface area (Å²) in [4.78, 5) is 0. The zero-order chi connectivity index (χ0) is 13.9. The minimum Gasteiger partial charge on any atom is -0.394 e. The van der Waals surface area contributed by atoms with E-state index in [9.17, 15) is 5.11 Å². The molecule has 2 N–H and O–H groups in total. The summed E-state index contributed by atoms with van der Waals surface area (Å²) < 4.78 is 1.15. The molecule has 2 unspecified atom stereocenters. The summed E-state index contributed by atoms with van der Waals surface area (Å²) in [6, 6.07) is 6.44. The predicted octanol–water partition coefficient (Wildman–Crippen LogP) is 3.79. The molecule has 1 aromatic rings. The third-order valence-electron chi connectivity index (χ3n) is 4.28. The Kier molecular flexibility index (Phi) is 5.04. The van der Waals surface area contributed by atoms with Gasteiger partial charge in [0.25, 0.3) is 0 Å². The molecule has 0 radical (unpaired) electrons. The Morgan fingerprint density at radius 3 is 2.89 bits per heavy atom. The second-order valence-electron chi connectivity index (χ2n) is 6.08. The minimum absolute atomic E-state index is 0.0708. The van der Waals surface area contributed by atoms with Crippen LogP contribution >= 0.6 is 15.9 Å². The maximum absolute atomic E-state index is 9.77. The van der Waals surface area contributed by atoms with E-state index in [0.717, 1.165) is 23.9 Å². The number of halogens is 1. The first-order chi connectivity index (χ1) is 9.04. The van der Waals surface area contributed by atoms with Crippen LogP contribution in [-0.4, -0.2) is 17.3 Å². The van der Waals surface area contributed by atoms with Crippen LogP contribution in [0, 0.1) is 12.8 Å². The summed E-state index contributed by atoms with van der Waals surface area (Å²) in [6.07, 6.45) is 4.68. The third kappa shape index (κ3) is 3.80. The van der Waals surface area contributed by atoms with Crippen molar-refractivity contribution in [3.05, 3.63) is 33.8 Å². The molecular weight excluding hydrogens is 302 g/mol. The number of rotatable bonds is 4. The van der Waals surface area contributed by atoms with Gasteiger partial charge in [-0.05, 0) is 42.9 Å². The first-order valence-corrected chi connectivity index (χ1v) is 7.95. The van der Waals surface area contributed by atoms with Crippen molar-refractivity contribution in [1.29, 1.82) is 0 Å². The Hall–Kier alpha value is -0.380. The Bertz CT molecular complexity index is 435. The molecule has 0 aromatic heterocycles. The second kappa shape index (κ2) is 6.38. The third-order valence-corrected chi connectivity index (χ3v) is 5.17. The Morgan fingerprint density at radius 1 is 1.47 bits per heavy atom. The molecule has 2 nitrogen and oxygen atoms in total. The fourth-order valence-electron chi connectivity index (χ4n) is 3.13. The lowest BCUT2D eigenvalue weighted by atomic mass is 9.77. The van der Waals surface area contributed by atoms with Crippen molar-refractivity contribution in [1.82, 2.24) is 5.32 Å². The van der Waals surface area contributed by atoms with E-state index >= 15 is 0 Å². The standard InChI is InChI=1S/C16H24BrNO/c1-12-4-3-7-16(9-12,11-19)18-10-14-5-6-15(17)13(2)8-14/h5-6,8,12,18-19H,3-4,7,9-11H2,1-2H3. The number of aliphatic hydroxyl groups excluding tert-OH is 1. The molecule has 0 heterocycles. The number of hydrogen-bond donors (Lipinski definition) is 2. The zero-order valence-electron chi connectivity index (χ0n) is 11.9. The van der Waals surface area contributed by atoms with Gasteiger partial charge in [0.1, 0.15) is 0 Å². The number of benzene rings is 1. The summed E-state index contributed by atoms with van der Waals surface area (Å²) in [7, 11) is 0. The van der Waals surface area contributed by atoms with Crippen LogP contribution in [0.4, 0.5) is 0 Å². The van der Waals surface area contributed by atoms with Crippen molar-refractivity contribution in [3.63, 3.8) is 0 Å². The lowest BCUT2D eigenvalue weighted by molar-refractivity contribution is 0.0982. The highest BCUT2D eigenvalue weighted by molar-refractivity contribution is 9.10. The minimum atomic E-state index is -0.0708. The van der Waals surface area contributed by atoms with Crippen LogP contribution in [0.1, 0.15) is 43.7 Å². The molecule has 0 saturated heterocycles. The van der Waals surface area contributed by atoms with E-state index in [0.29, 0.717) is 5.92 Å². The van der Waals surface area contributed by atoms with E-state index in [1.54, 1.807) is 0 Å². The highest BCUT2D eigenvalue weighted by atomic mass is 79.9. The average Bonchev–Trinajstić information content (AvgIpc) is 2.40. The van der Waals surface area contributed by atoms with Crippen LogP contribution in [0.2, 0.25) is 0 Å². The van der Waals surface area contributed by atoms with Gasteiger partial charge in [0.2, 0.25) is 0 Å². The highest BCUT2D eigenvalue weighted by Gasteiger charge is 2.33. The van der Waals surface area contributed by atoms with E-state index in [1.807, 2.05) is 0 Å². The number of aliphatic hydroxyl groups is 1. The molecule has 2 rings (SSSR count). The molecule has 3 heteroatoms. The van der Waals surface area contributed by atoms with Gasteiger partial charge in [0, 0.05) is 16.6 Å². The van der Waals surface area contributed by atoms with Crippen LogP contribution in [0.15, 0.2) is 22.7 Å². The van der Waals surface area contributed by atoms with Crippen molar-refractivity contribution < 1.29 is 5.11 Å². The molecule has 19 heavy (non-hydrogen) atoms. The zero-order valence-corrected chi connectivity index (χ0v) is 13.5. The molecule has 0 spiro atoms. The van der Waals surface area contributed by atoms with Gasteiger partial charge in [-0.3, -0.25) is 0 Å². The summed E-state index contributed by atoms with van der Waals surface area (Å²) in [5.41, 5.74) is 2.47. The SMILES string of the molecule is Cc1cc(CNC2(CO)CCCC(C)C2)ccc1Br. The Morgan fingerprint density at radius 2 is 2.26 bits per heavy atom. The van der Waals surface area contributed by atoms with Crippen LogP contribution in [0.3, 0.4) is 0 Å². The monoisotopic (exact) mass is 325 g/mol. The molecule has 1 aliphatic rings. The fourth-order valence-corrected chi connectivity index (χ4v) is 3.37. The predicted molar refractivity (Wildman–Crippen MR) is 83.2 cm³/mol. The fraction of sp³-hybridized carbons (Fsp3) is 0.625. The molecule has 0 bridgehead atoms. The molecular formula is C16H24BrNO. The quantitative estimate of drug-likeness (QED) is 0.882. The van der Waals surface area contributed by atoms with Crippen LogP contribution < -0.4 is 5.32 Å². The van der Waals surface area contributed by atoms with E-state index in [2.05, 4.69) is 53.3 Å². The number of nitrogens with one attached hydrogen (secondary N) is 1. The summed E-state index contributed by atoms with van der Waals surface area (Å²) >= 11 is 3.53. The van der Waals surface area contributed by atoms with Crippen molar-refractivity contribution in [3.8, 4) is 0 Å². The Balaban J connectivity index is 2.01. The normalized spacial score (nSPS) is 27.5. The van der Waals surface area contributed by atoms with E-state index in [1.165, 1.54) is 24.0 Å². The Labute approximate surface area is 124 Å². The molecule has 0 amide bonds. The lowest BCUT2D eigenvalue weighted by Crippen LogP contribution is -2.51. The molecule has 1 fully saturated rings. The van der Waals surface area contributed by atoms with Gasteiger partial charge >= 0.3 is 0 Å². The maximum Gasteiger partial charge on any atom is 0.0613 e. The maximum atomic E-state index is 9.77. The molecule has 106 valence electrons. The largest absolute Gasteiger partial charge is 0.394 e. The van der Waals surface area contributed by atoms with Gasteiger partial charge < -0.3 is 10.4 Å². The first-order valence-electron chi connectivity index (χ1n) is 7.15. The number of hydrogen-bond acceptors (Lipinski definition) is 2. The van der Waals surface area contributed by atoms with Crippen molar-refractivity contribution in [2.45, 2.75) is 51.6 Å². The van der Waals surface area contributed by atoms with Gasteiger partial charge in [0.05, 0.1) is 6.61 Å². The summed E-state index contributed by atoms with van der Waals surface area (Å²) in [6.45, 7) is 5.47. The molecule has 0 aliphatic heterocycles. The van der Waals surface area contributed by atoms with E-state index in [4.69, 9.17) is 0 Å². The first kappa shape index (κ1) is 15.0. The van der Waals surface area contributed by atoms with Crippen molar-refractivity contribution in [2.75, 3.05) is 6.61 Å². The topological polar surface area (TPSA) is 32.3 Å². The summed E-state index contributed by atoms with van der Waals surface area (Å²) in [5, 5.41) is 13.4. The van der Waals surface area contributed by atoms with Gasteiger partial charge in [-0.15, -0.1) is 0 Å². The summed E-state index contributed by atoms with van der Waals surface area (Å²) in [5.74, 6) is 0.708. The van der Waals surface area contributed by atoms with Crippen LogP contribution in [-0.2, 0) is 6.54 Å². The molecule has 1 saturated carbocycles. The molecule has 1 aliphatic carbocycles. The highest BCUT2D eigenvalue weighted by Crippen LogP contribution is 2.32. The van der Waals surface area contributed by atoms with Crippen molar-refractivity contribution in [2.24, 2.45) is 5.92 Å². The van der Waals surface area contributed by atoms with Crippen molar-refractivity contribution >= 4 is 15.9 Å². The molecule has 1 aromatic carbocycles. The van der Waals surface area contributed by atoms with Gasteiger partial charge in [-0.1, -0.05) is 47.8 Å². The van der Waals surface area contributed by atoms with E-state index < -0.39 is 0 Å². The number of aryl methyl sites for hydroxylation is 1. The second-order valence-corrected chi connectivity index (χ2v) is 6.93. The van der Waals surface area contributed by atoms with E-state index in [-0.39, 0.29) is 12.1 Å². The van der Waals surface area contributed by atoms with Gasteiger partial charge in [-0.25, -0.2) is 0 Å². The average molecular weight is 326 g/mol. The van der Waals surface area contributed by atoms with Crippen LogP contribution in [0.5, 0.6) is 0 Å². The lowest BCUT2D eigenvalue weighted by Gasteiger charge is -2.39. The van der Waals surface area contributed by atoms with Crippen LogP contribution in [0.25, 0.3) is 0 Å². The molecule has 2 atom stereocenters. The smallest absolute Gasteiger partial charge is 0.0613 e.